The monoisotopic (exact) mass is 508 g/mol. The molecule has 37 heavy (non-hydrogen) atoms. The zero-order valence-electron chi connectivity index (χ0n) is 21.0. The van der Waals surface area contributed by atoms with Crippen molar-refractivity contribution >= 4 is 40.3 Å². The number of nitrogens with one attached hydrogen (secondary N) is 1. The van der Waals surface area contributed by atoms with E-state index in [0.717, 1.165) is 12.8 Å². The zero-order valence-corrected chi connectivity index (χ0v) is 21.0. The highest BCUT2D eigenvalue weighted by molar-refractivity contribution is 6.13. The summed E-state index contributed by atoms with van der Waals surface area (Å²) in [6.07, 6.45) is 3.94. The van der Waals surface area contributed by atoms with Crippen molar-refractivity contribution in [3.8, 4) is 0 Å². The van der Waals surface area contributed by atoms with Crippen LogP contribution in [0.1, 0.15) is 40.5 Å². The third-order valence-corrected chi connectivity index (χ3v) is 6.52. The molecule has 3 heterocycles. The van der Waals surface area contributed by atoms with E-state index in [1.165, 1.54) is 30.3 Å². The lowest BCUT2D eigenvalue weighted by Crippen LogP contribution is -2.40. The first-order valence-electron chi connectivity index (χ1n) is 11.8. The highest BCUT2D eigenvalue weighted by Gasteiger charge is 2.29. The lowest BCUT2D eigenvalue weighted by Gasteiger charge is -2.32. The van der Waals surface area contributed by atoms with Crippen LogP contribution in [0.5, 0.6) is 0 Å². The van der Waals surface area contributed by atoms with E-state index in [0.29, 0.717) is 18.7 Å². The van der Waals surface area contributed by atoms with Gasteiger partial charge in [-0.15, -0.1) is 0 Å². The molecule has 194 valence electrons. The molecule has 1 atom stereocenters. The molecule has 3 N–H and O–H groups in total. The summed E-state index contributed by atoms with van der Waals surface area (Å²) < 4.78 is 16.6. The van der Waals surface area contributed by atoms with Gasteiger partial charge in [-0.2, -0.15) is 5.10 Å². The van der Waals surface area contributed by atoms with E-state index in [9.17, 15) is 14.4 Å². The van der Waals surface area contributed by atoms with Gasteiger partial charge in [-0.1, -0.05) is 12.6 Å². The number of piperidine rings is 1. The SMILES string of the molecule is C=CC(=O)N1CCCC(n2nc(C(=O)Nc3ccc(CC(=O)N(C)C)c(F)c3C)c3c(N)ncnc32)C1. The normalized spacial score (nSPS) is 15.5. The van der Waals surface area contributed by atoms with Gasteiger partial charge in [0.25, 0.3) is 5.91 Å². The molecule has 0 radical (unpaired) electrons. The van der Waals surface area contributed by atoms with Crippen LogP contribution < -0.4 is 11.1 Å². The van der Waals surface area contributed by atoms with Crippen molar-refractivity contribution in [2.75, 3.05) is 38.2 Å². The third kappa shape index (κ3) is 4.99. The van der Waals surface area contributed by atoms with E-state index in [1.54, 1.807) is 29.7 Å². The number of nitrogen functional groups attached to an aromatic ring is 1. The largest absolute Gasteiger partial charge is 0.383 e. The number of rotatable bonds is 6. The minimum Gasteiger partial charge on any atom is -0.383 e. The summed E-state index contributed by atoms with van der Waals surface area (Å²) in [5, 5.41) is 7.51. The Bertz CT molecular complexity index is 1400. The quantitative estimate of drug-likeness (QED) is 0.486. The van der Waals surface area contributed by atoms with Crippen molar-refractivity contribution in [2.45, 2.75) is 32.2 Å². The average molecular weight is 509 g/mol. The second-order valence-electron chi connectivity index (χ2n) is 9.17. The molecule has 1 fully saturated rings. The number of amides is 3. The maximum atomic E-state index is 15.0. The molecule has 0 spiro atoms. The number of hydrogen-bond donors (Lipinski definition) is 2. The fourth-order valence-electron chi connectivity index (χ4n) is 4.41. The topological polar surface area (TPSA) is 139 Å². The van der Waals surface area contributed by atoms with Gasteiger partial charge in [0.2, 0.25) is 11.8 Å². The number of carbonyl (C=O) groups is 3. The lowest BCUT2D eigenvalue weighted by atomic mass is 10.0. The average Bonchev–Trinajstić information content (AvgIpc) is 3.29. The molecule has 4 rings (SSSR count). The lowest BCUT2D eigenvalue weighted by molar-refractivity contribution is -0.128. The zero-order chi connectivity index (χ0) is 26.9. The van der Waals surface area contributed by atoms with E-state index in [2.05, 4.69) is 27.0 Å². The van der Waals surface area contributed by atoms with Gasteiger partial charge in [-0.05, 0) is 37.5 Å². The molecule has 0 saturated carbocycles. The summed E-state index contributed by atoms with van der Waals surface area (Å²) in [6, 6.07) is 2.79. The van der Waals surface area contributed by atoms with Crippen molar-refractivity contribution in [2.24, 2.45) is 0 Å². The van der Waals surface area contributed by atoms with Crippen LogP contribution in [-0.4, -0.2) is 74.5 Å². The molecule has 3 amide bonds. The number of nitrogens with two attached hydrogens (primary N) is 1. The molecule has 2 aromatic heterocycles. The molecule has 1 aromatic carbocycles. The van der Waals surface area contributed by atoms with Crippen LogP contribution in [0.25, 0.3) is 11.0 Å². The number of fused-ring (bicyclic) bond motifs is 1. The molecule has 0 aliphatic carbocycles. The Morgan fingerprint density at radius 2 is 2.05 bits per heavy atom. The summed E-state index contributed by atoms with van der Waals surface area (Å²) in [7, 11) is 3.20. The molecule has 12 heteroatoms. The first-order chi connectivity index (χ1) is 17.6. The van der Waals surface area contributed by atoms with Gasteiger partial charge in [0, 0.05) is 38.4 Å². The molecule has 3 aromatic rings. The third-order valence-electron chi connectivity index (χ3n) is 6.52. The van der Waals surface area contributed by atoms with Gasteiger partial charge < -0.3 is 20.9 Å². The number of halogens is 1. The van der Waals surface area contributed by atoms with Crippen LogP contribution in [0, 0.1) is 12.7 Å². The van der Waals surface area contributed by atoms with Crippen molar-refractivity contribution < 1.29 is 18.8 Å². The smallest absolute Gasteiger partial charge is 0.277 e. The Labute approximate surface area is 213 Å². The van der Waals surface area contributed by atoms with Crippen LogP contribution >= 0.6 is 0 Å². The van der Waals surface area contributed by atoms with E-state index in [4.69, 9.17) is 5.73 Å². The van der Waals surface area contributed by atoms with Gasteiger partial charge in [-0.3, -0.25) is 14.4 Å². The number of benzene rings is 1. The number of anilines is 2. The number of nitrogens with zero attached hydrogens (tertiary/aromatic N) is 6. The second kappa shape index (κ2) is 10.3. The maximum absolute atomic E-state index is 15.0. The van der Waals surface area contributed by atoms with Gasteiger partial charge in [0.1, 0.15) is 18.0 Å². The van der Waals surface area contributed by atoms with Gasteiger partial charge >= 0.3 is 0 Å². The van der Waals surface area contributed by atoms with Gasteiger partial charge in [0.05, 0.1) is 17.8 Å². The fourth-order valence-corrected chi connectivity index (χ4v) is 4.41. The minimum absolute atomic E-state index is 0.00746. The van der Waals surface area contributed by atoms with Crippen LogP contribution in [0.4, 0.5) is 15.9 Å². The molecule has 11 nitrogen and oxygen atoms in total. The highest BCUT2D eigenvalue weighted by Crippen LogP contribution is 2.30. The van der Waals surface area contributed by atoms with Crippen molar-refractivity contribution in [3.63, 3.8) is 0 Å². The number of likely N-dealkylation sites (tertiary alicyclic amines) is 1. The summed E-state index contributed by atoms with van der Waals surface area (Å²) in [6.45, 7) is 6.06. The van der Waals surface area contributed by atoms with E-state index < -0.39 is 11.7 Å². The predicted molar refractivity (Wildman–Crippen MR) is 136 cm³/mol. The Balaban J connectivity index is 1.66. The van der Waals surface area contributed by atoms with E-state index in [1.807, 2.05) is 0 Å². The molecule has 1 aliphatic rings. The van der Waals surface area contributed by atoms with Crippen LogP contribution in [0.2, 0.25) is 0 Å². The molecular formula is C25H29FN8O3. The standard InChI is InChI=1S/C25H29FN8O3/c1-5-18(35)33-10-6-7-16(12-33)34-24-20(23(27)28-13-29-24)22(31-34)25(37)30-17-9-8-15(21(26)14(17)2)11-19(36)32(3)4/h5,8-9,13,16H,1,6-7,10-12H2,2-4H3,(H,30,37)(H2,27,28,29). The van der Waals surface area contributed by atoms with Crippen molar-refractivity contribution in [3.05, 3.63) is 53.8 Å². The van der Waals surface area contributed by atoms with E-state index in [-0.39, 0.29) is 58.0 Å². The Kier molecular flexibility index (Phi) is 7.18. The Morgan fingerprint density at radius 3 is 2.76 bits per heavy atom. The molecule has 1 unspecified atom stereocenters. The van der Waals surface area contributed by atoms with Crippen LogP contribution in [0.3, 0.4) is 0 Å². The first kappa shape index (κ1) is 25.7. The number of likely N-dealkylation sites (N-methyl/N-ethyl adjacent to an activating group) is 1. The van der Waals surface area contributed by atoms with Crippen LogP contribution in [0.15, 0.2) is 31.1 Å². The van der Waals surface area contributed by atoms with Crippen molar-refractivity contribution in [1.82, 2.24) is 29.5 Å². The number of carbonyl (C=O) groups excluding carboxylic acids is 3. The van der Waals surface area contributed by atoms with Crippen molar-refractivity contribution in [1.29, 1.82) is 0 Å². The Morgan fingerprint density at radius 1 is 1.30 bits per heavy atom. The Hall–Kier alpha value is -4.35. The molecule has 0 bridgehead atoms. The molecular weight excluding hydrogens is 479 g/mol. The molecule has 1 saturated heterocycles. The number of aromatic nitrogens is 4. The fraction of sp³-hybridized carbons (Fsp3) is 0.360. The predicted octanol–water partition coefficient (Wildman–Crippen LogP) is 2.09. The van der Waals surface area contributed by atoms with Gasteiger partial charge in [-0.25, -0.2) is 19.0 Å². The van der Waals surface area contributed by atoms with E-state index >= 15 is 4.39 Å². The minimum atomic E-state index is -0.611. The second-order valence-corrected chi connectivity index (χ2v) is 9.17. The maximum Gasteiger partial charge on any atom is 0.277 e. The number of hydrogen-bond acceptors (Lipinski definition) is 7. The summed E-state index contributed by atoms with van der Waals surface area (Å²) in [5.74, 6) is -1.52. The summed E-state index contributed by atoms with van der Waals surface area (Å²) in [5.41, 5.74) is 7.14. The molecule has 1 aliphatic heterocycles. The highest BCUT2D eigenvalue weighted by atomic mass is 19.1. The van der Waals surface area contributed by atoms with Gasteiger partial charge in [0.15, 0.2) is 11.3 Å². The summed E-state index contributed by atoms with van der Waals surface area (Å²) in [4.78, 5) is 48.9. The summed E-state index contributed by atoms with van der Waals surface area (Å²) >= 11 is 0. The first-order valence-corrected chi connectivity index (χ1v) is 11.8. The van der Waals surface area contributed by atoms with Crippen LogP contribution in [-0.2, 0) is 16.0 Å².